The average molecular weight is 333 g/mol. The standard InChI is InChI=1S/C14H19BrClNO/c1-10(13-5-4-12(15)7-14(13)16)17-8-11-3-2-6-18-9-11/h4-5,7,10-11,17H,2-3,6,8-9H2,1H3. The van der Waals surface area contributed by atoms with Gasteiger partial charge in [-0.15, -0.1) is 0 Å². The van der Waals surface area contributed by atoms with E-state index in [0.717, 1.165) is 34.8 Å². The molecule has 0 aromatic heterocycles. The van der Waals surface area contributed by atoms with E-state index in [1.807, 2.05) is 12.1 Å². The Morgan fingerprint density at radius 1 is 1.56 bits per heavy atom. The monoisotopic (exact) mass is 331 g/mol. The Kier molecular flexibility index (Phi) is 5.49. The van der Waals surface area contributed by atoms with Gasteiger partial charge in [-0.2, -0.15) is 0 Å². The zero-order chi connectivity index (χ0) is 13.0. The van der Waals surface area contributed by atoms with Gasteiger partial charge in [0.25, 0.3) is 0 Å². The van der Waals surface area contributed by atoms with Gasteiger partial charge in [-0.05, 0) is 43.4 Å². The first kappa shape index (κ1) is 14.3. The summed E-state index contributed by atoms with van der Waals surface area (Å²) in [6, 6.07) is 6.32. The smallest absolute Gasteiger partial charge is 0.0506 e. The molecule has 1 aromatic carbocycles. The molecule has 1 aliphatic heterocycles. The molecular formula is C14H19BrClNO. The predicted molar refractivity (Wildman–Crippen MR) is 79.1 cm³/mol. The molecule has 18 heavy (non-hydrogen) atoms. The number of rotatable bonds is 4. The van der Waals surface area contributed by atoms with Gasteiger partial charge in [-0.25, -0.2) is 0 Å². The summed E-state index contributed by atoms with van der Waals surface area (Å²) < 4.78 is 6.50. The van der Waals surface area contributed by atoms with Crippen molar-refractivity contribution in [2.75, 3.05) is 19.8 Å². The van der Waals surface area contributed by atoms with Gasteiger partial charge in [0, 0.05) is 28.7 Å². The van der Waals surface area contributed by atoms with Crippen LogP contribution >= 0.6 is 27.5 Å². The van der Waals surface area contributed by atoms with Crippen molar-refractivity contribution < 1.29 is 4.74 Å². The first-order valence-electron chi connectivity index (χ1n) is 6.43. The lowest BCUT2D eigenvalue weighted by Crippen LogP contribution is -2.30. The van der Waals surface area contributed by atoms with Crippen LogP contribution in [0.15, 0.2) is 22.7 Å². The van der Waals surface area contributed by atoms with Crippen LogP contribution in [0.4, 0.5) is 0 Å². The van der Waals surface area contributed by atoms with Crippen LogP contribution in [-0.4, -0.2) is 19.8 Å². The zero-order valence-electron chi connectivity index (χ0n) is 10.6. The predicted octanol–water partition coefficient (Wildman–Crippen LogP) is 4.18. The molecule has 2 nitrogen and oxygen atoms in total. The zero-order valence-corrected chi connectivity index (χ0v) is 12.9. The molecule has 2 rings (SSSR count). The van der Waals surface area contributed by atoms with Crippen molar-refractivity contribution in [1.29, 1.82) is 0 Å². The van der Waals surface area contributed by atoms with Gasteiger partial charge in [0.05, 0.1) is 6.61 Å². The first-order valence-corrected chi connectivity index (χ1v) is 7.60. The summed E-state index contributed by atoms with van der Waals surface area (Å²) in [5.74, 6) is 0.635. The second kappa shape index (κ2) is 6.90. The summed E-state index contributed by atoms with van der Waals surface area (Å²) in [5.41, 5.74) is 1.15. The molecule has 0 radical (unpaired) electrons. The molecule has 2 unspecified atom stereocenters. The van der Waals surface area contributed by atoms with Crippen LogP contribution in [0.5, 0.6) is 0 Å². The average Bonchev–Trinajstić information content (AvgIpc) is 2.37. The van der Waals surface area contributed by atoms with Crippen LogP contribution in [-0.2, 0) is 4.74 Å². The molecule has 1 N–H and O–H groups in total. The minimum atomic E-state index is 0.271. The van der Waals surface area contributed by atoms with E-state index in [4.69, 9.17) is 16.3 Å². The fourth-order valence-electron chi connectivity index (χ4n) is 2.27. The van der Waals surface area contributed by atoms with E-state index >= 15 is 0 Å². The third-order valence-corrected chi connectivity index (χ3v) is 4.22. The topological polar surface area (TPSA) is 21.3 Å². The van der Waals surface area contributed by atoms with Crippen molar-refractivity contribution in [2.45, 2.75) is 25.8 Å². The Morgan fingerprint density at radius 3 is 3.06 bits per heavy atom. The van der Waals surface area contributed by atoms with Crippen LogP contribution in [0.2, 0.25) is 5.02 Å². The molecule has 0 saturated carbocycles. The number of benzene rings is 1. The van der Waals surface area contributed by atoms with Crippen LogP contribution in [0.1, 0.15) is 31.4 Å². The number of hydrogen-bond donors (Lipinski definition) is 1. The summed E-state index contributed by atoms with van der Waals surface area (Å²) in [5, 5.41) is 4.36. The third-order valence-electron chi connectivity index (χ3n) is 3.40. The van der Waals surface area contributed by atoms with Crippen LogP contribution in [0.3, 0.4) is 0 Å². The molecular weight excluding hydrogens is 314 g/mol. The summed E-state index contributed by atoms with van der Waals surface area (Å²) in [4.78, 5) is 0. The van der Waals surface area contributed by atoms with Gasteiger partial charge in [0.2, 0.25) is 0 Å². The third kappa shape index (κ3) is 3.95. The molecule has 1 aliphatic rings. The van der Waals surface area contributed by atoms with Crippen molar-refractivity contribution in [3.8, 4) is 0 Å². The number of ether oxygens (including phenoxy) is 1. The van der Waals surface area contributed by atoms with Gasteiger partial charge >= 0.3 is 0 Å². The highest BCUT2D eigenvalue weighted by Gasteiger charge is 2.16. The van der Waals surface area contributed by atoms with Crippen LogP contribution in [0, 0.1) is 5.92 Å². The van der Waals surface area contributed by atoms with Crippen molar-refractivity contribution in [1.82, 2.24) is 5.32 Å². The lowest BCUT2D eigenvalue weighted by molar-refractivity contribution is 0.0540. The summed E-state index contributed by atoms with van der Waals surface area (Å²) in [6.07, 6.45) is 2.44. The summed E-state index contributed by atoms with van der Waals surface area (Å²) >= 11 is 9.68. The van der Waals surface area contributed by atoms with Gasteiger partial charge in [0.15, 0.2) is 0 Å². The van der Waals surface area contributed by atoms with Gasteiger partial charge in [0.1, 0.15) is 0 Å². The van der Waals surface area contributed by atoms with Gasteiger partial charge in [-0.3, -0.25) is 0 Å². The maximum absolute atomic E-state index is 6.25. The molecule has 1 saturated heterocycles. The van der Waals surface area contributed by atoms with E-state index in [2.05, 4.69) is 34.2 Å². The highest BCUT2D eigenvalue weighted by molar-refractivity contribution is 9.10. The molecule has 1 fully saturated rings. The molecule has 2 atom stereocenters. The molecule has 0 spiro atoms. The van der Waals surface area contributed by atoms with E-state index in [0.29, 0.717) is 5.92 Å². The highest BCUT2D eigenvalue weighted by atomic mass is 79.9. The van der Waals surface area contributed by atoms with Crippen molar-refractivity contribution >= 4 is 27.5 Å². The number of hydrogen-bond acceptors (Lipinski definition) is 2. The summed E-state index contributed by atoms with van der Waals surface area (Å²) in [7, 11) is 0. The quantitative estimate of drug-likeness (QED) is 0.893. The molecule has 0 bridgehead atoms. The second-order valence-electron chi connectivity index (χ2n) is 4.88. The molecule has 0 aliphatic carbocycles. The first-order chi connectivity index (χ1) is 8.66. The van der Waals surface area contributed by atoms with Crippen molar-refractivity contribution in [3.05, 3.63) is 33.3 Å². The van der Waals surface area contributed by atoms with E-state index in [9.17, 15) is 0 Å². The molecule has 100 valence electrons. The Hall–Kier alpha value is -0.0900. The van der Waals surface area contributed by atoms with Crippen molar-refractivity contribution in [2.24, 2.45) is 5.92 Å². The van der Waals surface area contributed by atoms with E-state index in [-0.39, 0.29) is 6.04 Å². The maximum Gasteiger partial charge on any atom is 0.0506 e. The fourth-order valence-corrected chi connectivity index (χ4v) is 3.11. The molecule has 4 heteroatoms. The van der Waals surface area contributed by atoms with Crippen molar-refractivity contribution in [3.63, 3.8) is 0 Å². The second-order valence-corrected chi connectivity index (χ2v) is 6.20. The van der Waals surface area contributed by atoms with Gasteiger partial charge < -0.3 is 10.1 Å². The normalized spacial score (nSPS) is 21.8. The Morgan fingerprint density at radius 2 is 2.39 bits per heavy atom. The van der Waals surface area contributed by atoms with Gasteiger partial charge in [-0.1, -0.05) is 33.6 Å². The maximum atomic E-state index is 6.25. The minimum absolute atomic E-state index is 0.271. The number of nitrogens with one attached hydrogen (secondary N) is 1. The Labute approximate surface area is 122 Å². The summed E-state index contributed by atoms with van der Waals surface area (Å²) in [6.45, 7) is 4.95. The van der Waals surface area contributed by atoms with E-state index in [1.54, 1.807) is 0 Å². The van der Waals surface area contributed by atoms with E-state index in [1.165, 1.54) is 12.8 Å². The van der Waals surface area contributed by atoms with Crippen LogP contribution in [0.25, 0.3) is 0 Å². The highest BCUT2D eigenvalue weighted by Crippen LogP contribution is 2.26. The fraction of sp³-hybridized carbons (Fsp3) is 0.571. The molecule has 1 aromatic rings. The van der Waals surface area contributed by atoms with Crippen LogP contribution < -0.4 is 5.32 Å². The van der Waals surface area contributed by atoms with E-state index < -0.39 is 0 Å². The Balaban J connectivity index is 1.88. The molecule has 1 heterocycles. The largest absolute Gasteiger partial charge is 0.381 e. The lowest BCUT2D eigenvalue weighted by atomic mass is 10.0. The SMILES string of the molecule is CC(NCC1CCCOC1)c1ccc(Br)cc1Cl. The molecule has 0 amide bonds. The number of halogens is 2. The lowest BCUT2D eigenvalue weighted by Gasteiger charge is -2.24. The Bertz CT molecular complexity index is 393. The minimum Gasteiger partial charge on any atom is -0.381 e.